The van der Waals surface area contributed by atoms with Crippen LogP contribution in [-0.4, -0.2) is 36.6 Å². The zero-order valence-corrected chi connectivity index (χ0v) is 9.88. The van der Waals surface area contributed by atoms with Crippen LogP contribution in [0, 0.1) is 11.3 Å². The molecule has 92 valence electrons. The third-order valence-corrected chi connectivity index (χ3v) is 3.31. The quantitative estimate of drug-likeness (QED) is 0.607. The van der Waals surface area contributed by atoms with E-state index >= 15 is 0 Å². The average molecular weight is 228 g/mol. The van der Waals surface area contributed by atoms with Crippen molar-refractivity contribution in [3.8, 4) is 0 Å². The smallest absolute Gasteiger partial charge is 0.311 e. The first kappa shape index (κ1) is 13.0. The number of hydrogen-bond acceptors (Lipinski definition) is 3. The molecule has 3 N–H and O–H groups in total. The van der Waals surface area contributed by atoms with Crippen LogP contribution < -0.4 is 10.6 Å². The number of carboxylic acids is 1. The van der Waals surface area contributed by atoms with Gasteiger partial charge < -0.3 is 15.7 Å². The first-order valence-corrected chi connectivity index (χ1v) is 5.69. The molecule has 0 radical (unpaired) electrons. The fraction of sp³-hybridized carbons (Fsp3) is 0.818. The number of hydrogen-bond donors (Lipinski definition) is 3. The summed E-state index contributed by atoms with van der Waals surface area (Å²) in [5.41, 5.74) is -0.854. The van der Waals surface area contributed by atoms with Crippen molar-refractivity contribution in [2.45, 2.75) is 26.7 Å². The van der Waals surface area contributed by atoms with Gasteiger partial charge in [0.1, 0.15) is 0 Å². The van der Waals surface area contributed by atoms with Crippen LogP contribution in [0.2, 0.25) is 0 Å². The highest BCUT2D eigenvalue weighted by atomic mass is 16.4. The van der Waals surface area contributed by atoms with Gasteiger partial charge in [0.15, 0.2) is 0 Å². The summed E-state index contributed by atoms with van der Waals surface area (Å²) in [5, 5.41) is 14.8. The first-order valence-electron chi connectivity index (χ1n) is 5.69. The maximum atomic E-state index is 11.5. The summed E-state index contributed by atoms with van der Waals surface area (Å²) >= 11 is 0. The first-order chi connectivity index (χ1) is 7.48. The predicted octanol–water partition coefficient (Wildman–Crippen LogP) is 0.213. The maximum absolute atomic E-state index is 11.5. The SMILES string of the molecule is CCC(C)(CNC(=O)CC1CNC1)C(=O)O. The fourth-order valence-electron chi connectivity index (χ4n) is 1.47. The standard InChI is InChI=1S/C11H20N2O3/c1-3-11(2,10(15)16)7-13-9(14)4-8-5-12-6-8/h8,12H,3-7H2,1-2H3,(H,13,14)(H,15,16). The van der Waals surface area contributed by atoms with Crippen LogP contribution >= 0.6 is 0 Å². The largest absolute Gasteiger partial charge is 0.481 e. The number of aliphatic carboxylic acids is 1. The Morgan fingerprint density at radius 2 is 2.12 bits per heavy atom. The highest BCUT2D eigenvalue weighted by Gasteiger charge is 2.31. The number of carboxylic acid groups (broad SMARTS) is 1. The Balaban J connectivity index is 2.31. The second-order valence-electron chi connectivity index (χ2n) is 4.72. The molecule has 1 saturated heterocycles. The molecule has 0 aromatic carbocycles. The van der Waals surface area contributed by atoms with Gasteiger partial charge in [-0.15, -0.1) is 0 Å². The molecule has 1 unspecified atom stereocenters. The third-order valence-electron chi connectivity index (χ3n) is 3.31. The second-order valence-corrected chi connectivity index (χ2v) is 4.72. The summed E-state index contributed by atoms with van der Waals surface area (Å²) in [6.07, 6.45) is 1.00. The van der Waals surface area contributed by atoms with Gasteiger partial charge in [0, 0.05) is 13.0 Å². The molecular formula is C11H20N2O3. The molecule has 0 aromatic heterocycles. The summed E-state index contributed by atoms with van der Waals surface area (Å²) in [7, 11) is 0. The Morgan fingerprint density at radius 3 is 2.50 bits per heavy atom. The summed E-state index contributed by atoms with van der Waals surface area (Å²) in [4.78, 5) is 22.5. The maximum Gasteiger partial charge on any atom is 0.311 e. The van der Waals surface area contributed by atoms with Gasteiger partial charge in [-0.3, -0.25) is 9.59 Å². The molecule has 5 heteroatoms. The van der Waals surface area contributed by atoms with Gasteiger partial charge in [0.2, 0.25) is 5.91 Å². The molecule has 5 nitrogen and oxygen atoms in total. The zero-order valence-electron chi connectivity index (χ0n) is 9.88. The van der Waals surface area contributed by atoms with Gasteiger partial charge in [-0.1, -0.05) is 6.92 Å². The summed E-state index contributed by atoms with van der Waals surface area (Å²) < 4.78 is 0. The summed E-state index contributed by atoms with van der Waals surface area (Å²) in [5.74, 6) is -0.495. The van der Waals surface area contributed by atoms with Gasteiger partial charge in [0.05, 0.1) is 5.41 Å². The monoisotopic (exact) mass is 228 g/mol. The molecule has 1 fully saturated rings. The lowest BCUT2D eigenvalue weighted by Gasteiger charge is -2.28. The van der Waals surface area contributed by atoms with Crippen molar-refractivity contribution in [2.24, 2.45) is 11.3 Å². The summed E-state index contributed by atoms with van der Waals surface area (Å²) in [6.45, 7) is 5.45. The molecule has 1 atom stereocenters. The minimum atomic E-state index is -0.861. The second kappa shape index (κ2) is 5.30. The van der Waals surface area contributed by atoms with Crippen LogP contribution in [0.5, 0.6) is 0 Å². The van der Waals surface area contributed by atoms with E-state index in [2.05, 4.69) is 10.6 Å². The van der Waals surface area contributed by atoms with Crippen LogP contribution in [0.4, 0.5) is 0 Å². The molecular weight excluding hydrogens is 208 g/mol. The van der Waals surface area contributed by atoms with E-state index in [9.17, 15) is 9.59 Å². The van der Waals surface area contributed by atoms with E-state index in [4.69, 9.17) is 5.11 Å². The van der Waals surface area contributed by atoms with Crippen LogP contribution in [-0.2, 0) is 9.59 Å². The lowest BCUT2D eigenvalue weighted by molar-refractivity contribution is -0.148. The molecule has 0 aromatic rings. The lowest BCUT2D eigenvalue weighted by Crippen LogP contribution is -2.46. The number of rotatable bonds is 6. The number of carbonyl (C=O) groups excluding carboxylic acids is 1. The van der Waals surface area contributed by atoms with Crippen molar-refractivity contribution < 1.29 is 14.7 Å². The van der Waals surface area contributed by atoms with Crippen LogP contribution in [0.1, 0.15) is 26.7 Å². The highest BCUT2D eigenvalue weighted by Crippen LogP contribution is 2.20. The van der Waals surface area contributed by atoms with E-state index in [1.807, 2.05) is 6.92 Å². The molecule has 0 aliphatic carbocycles. The van der Waals surface area contributed by atoms with Crippen molar-refractivity contribution in [1.82, 2.24) is 10.6 Å². The number of carbonyl (C=O) groups is 2. The molecule has 0 saturated carbocycles. The third kappa shape index (κ3) is 3.20. The van der Waals surface area contributed by atoms with Crippen LogP contribution in [0.25, 0.3) is 0 Å². The van der Waals surface area contributed by atoms with E-state index in [0.29, 0.717) is 18.8 Å². The Morgan fingerprint density at radius 1 is 1.50 bits per heavy atom. The van der Waals surface area contributed by atoms with Crippen molar-refractivity contribution >= 4 is 11.9 Å². The normalized spacial score (nSPS) is 19.6. The van der Waals surface area contributed by atoms with Crippen molar-refractivity contribution in [2.75, 3.05) is 19.6 Å². The molecule has 1 amide bonds. The Labute approximate surface area is 95.6 Å². The molecule has 0 bridgehead atoms. The van der Waals surface area contributed by atoms with Crippen molar-refractivity contribution in [3.05, 3.63) is 0 Å². The minimum Gasteiger partial charge on any atom is -0.481 e. The van der Waals surface area contributed by atoms with Crippen LogP contribution in [0.3, 0.4) is 0 Å². The molecule has 1 rings (SSSR count). The fourth-order valence-corrected chi connectivity index (χ4v) is 1.47. The van der Waals surface area contributed by atoms with E-state index in [0.717, 1.165) is 13.1 Å². The van der Waals surface area contributed by atoms with Gasteiger partial charge in [0.25, 0.3) is 0 Å². The Hall–Kier alpha value is -1.10. The van der Waals surface area contributed by atoms with E-state index in [1.54, 1.807) is 6.92 Å². The zero-order chi connectivity index (χ0) is 12.2. The number of amides is 1. The average Bonchev–Trinajstić information content (AvgIpc) is 2.19. The molecule has 16 heavy (non-hydrogen) atoms. The highest BCUT2D eigenvalue weighted by molar-refractivity contribution is 5.79. The van der Waals surface area contributed by atoms with Gasteiger partial charge in [-0.05, 0) is 32.4 Å². The number of nitrogens with one attached hydrogen (secondary N) is 2. The van der Waals surface area contributed by atoms with E-state index in [1.165, 1.54) is 0 Å². The van der Waals surface area contributed by atoms with Gasteiger partial charge in [-0.25, -0.2) is 0 Å². The van der Waals surface area contributed by atoms with Gasteiger partial charge >= 0.3 is 5.97 Å². The predicted molar refractivity (Wildman–Crippen MR) is 60.0 cm³/mol. The molecule has 1 aliphatic heterocycles. The Kier molecular flexibility index (Phi) is 4.29. The molecule has 1 aliphatic rings. The lowest BCUT2D eigenvalue weighted by atomic mass is 9.87. The topological polar surface area (TPSA) is 78.4 Å². The molecule has 1 heterocycles. The van der Waals surface area contributed by atoms with Crippen molar-refractivity contribution in [3.63, 3.8) is 0 Å². The van der Waals surface area contributed by atoms with Crippen LogP contribution in [0.15, 0.2) is 0 Å². The van der Waals surface area contributed by atoms with E-state index in [-0.39, 0.29) is 12.5 Å². The minimum absolute atomic E-state index is 0.0487. The van der Waals surface area contributed by atoms with E-state index < -0.39 is 11.4 Å². The van der Waals surface area contributed by atoms with Crippen molar-refractivity contribution in [1.29, 1.82) is 0 Å². The summed E-state index contributed by atoms with van der Waals surface area (Å²) in [6, 6.07) is 0. The van der Waals surface area contributed by atoms with Gasteiger partial charge in [-0.2, -0.15) is 0 Å². The molecule has 0 spiro atoms. The Bertz CT molecular complexity index is 276.